The zero-order valence-corrected chi connectivity index (χ0v) is 12.3. The van der Waals surface area contributed by atoms with Crippen molar-refractivity contribution in [3.05, 3.63) is 0 Å². The Hall–Kier alpha value is -1.63. The van der Waals surface area contributed by atoms with E-state index in [4.69, 9.17) is 9.84 Å². The van der Waals surface area contributed by atoms with Crippen LogP contribution in [0.15, 0.2) is 0 Å². The molecule has 2 unspecified atom stereocenters. The average Bonchev–Trinajstić information content (AvgIpc) is 2.26. The second kappa shape index (κ2) is 6.21. The maximum Gasteiger partial charge on any atom is 0.324 e. The number of carboxylic acid groups (broad SMARTS) is 1. The Morgan fingerprint density at radius 3 is 2.20 bits per heavy atom. The number of urea groups is 1. The molecule has 0 bridgehead atoms. The first kappa shape index (κ1) is 16.4. The Morgan fingerprint density at radius 2 is 1.75 bits per heavy atom. The third kappa shape index (κ3) is 4.48. The molecule has 1 heterocycles. The first-order valence-electron chi connectivity index (χ1n) is 6.59. The van der Waals surface area contributed by atoms with E-state index in [1.165, 1.54) is 18.7 Å². The van der Waals surface area contributed by atoms with E-state index in [1.54, 1.807) is 0 Å². The minimum Gasteiger partial charge on any atom is -0.481 e. The van der Waals surface area contributed by atoms with Gasteiger partial charge in [-0.3, -0.25) is 14.9 Å². The summed E-state index contributed by atoms with van der Waals surface area (Å²) >= 11 is 0. The van der Waals surface area contributed by atoms with E-state index in [9.17, 15) is 14.4 Å². The molecular weight excluding hydrogens is 264 g/mol. The van der Waals surface area contributed by atoms with Gasteiger partial charge in [0, 0.05) is 19.5 Å². The number of aliphatic carboxylic acids is 1. The van der Waals surface area contributed by atoms with Crippen molar-refractivity contribution in [3.63, 3.8) is 0 Å². The van der Waals surface area contributed by atoms with Crippen LogP contribution in [0.1, 0.15) is 34.1 Å². The van der Waals surface area contributed by atoms with Crippen LogP contribution in [0.25, 0.3) is 0 Å². The Bertz CT molecular complexity index is 398. The van der Waals surface area contributed by atoms with Gasteiger partial charge in [0.25, 0.3) is 0 Å². The van der Waals surface area contributed by atoms with Crippen molar-refractivity contribution in [1.82, 2.24) is 10.2 Å². The van der Waals surface area contributed by atoms with Crippen molar-refractivity contribution >= 4 is 17.9 Å². The summed E-state index contributed by atoms with van der Waals surface area (Å²) in [6, 6.07) is -0.502. The molecule has 2 N–H and O–H groups in total. The highest BCUT2D eigenvalue weighted by Crippen LogP contribution is 2.20. The summed E-state index contributed by atoms with van der Waals surface area (Å²) < 4.78 is 5.50. The maximum atomic E-state index is 11.9. The molecule has 3 amide bonds. The van der Waals surface area contributed by atoms with Crippen molar-refractivity contribution in [2.24, 2.45) is 5.41 Å². The van der Waals surface area contributed by atoms with Gasteiger partial charge in [-0.25, -0.2) is 4.79 Å². The molecular formula is C13H22N2O5. The van der Waals surface area contributed by atoms with Crippen LogP contribution in [0, 0.1) is 5.41 Å². The molecule has 20 heavy (non-hydrogen) atoms. The summed E-state index contributed by atoms with van der Waals surface area (Å²) in [6.07, 6.45) is -0.422. The highest BCUT2D eigenvalue weighted by atomic mass is 16.5. The van der Waals surface area contributed by atoms with E-state index in [-0.39, 0.29) is 18.6 Å². The lowest BCUT2D eigenvalue weighted by atomic mass is 9.89. The number of carboxylic acids is 1. The van der Waals surface area contributed by atoms with Gasteiger partial charge < -0.3 is 14.7 Å². The number of hydrogen-bond acceptors (Lipinski definition) is 4. The highest BCUT2D eigenvalue weighted by molar-refractivity contribution is 5.96. The van der Waals surface area contributed by atoms with E-state index in [2.05, 4.69) is 5.32 Å². The zero-order chi connectivity index (χ0) is 15.5. The quantitative estimate of drug-likeness (QED) is 0.801. The lowest BCUT2D eigenvalue weighted by Crippen LogP contribution is -2.53. The van der Waals surface area contributed by atoms with Crippen molar-refractivity contribution in [3.8, 4) is 0 Å². The molecule has 1 aliphatic rings. The summed E-state index contributed by atoms with van der Waals surface area (Å²) in [6.45, 7) is 7.41. The van der Waals surface area contributed by atoms with E-state index >= 15 is 0 Å². The summed E-state index contributed by atoms with van der Waals surface area (Å²) in [5.74, 6) is -1.66. The molecule has 1 rings (SSSR count). The molecule has 0 radical (unpaired) electrons. The van der Waals surface area contributed by atoms with E-state index < -0.39 is 23.3 Å². The molecule has 114 valence electrons. The monoisotopic (exact) mass is 286 g/mol. The van der Waals surface area contributed by atoms with Gasteiger partial charge in [0.2, 0.25) is 5.91 Å². The van der Waals surface area contributed by atoms with Crippen molar-refractivity contribution < 1.29 is 24.2 Å². The van der Waals surface area contributed by atoms with Crippen LogP contribution in [0.3, 0.4) is 0 Å². The lowest BCUT2D eigenvalue weighted by molar-refractivity contribution is -0.149. The number of amides is 3. The molecule has 7 heteroatoms. The fourth-order valence-electron chi connectivity index (χ4n) is 2.06. The number of hydrogen-bond donors (Lipinski definition) is 2. The molecule has 0 aromatic carbocycles. The van der Waals surface area contributed by atoms with Crippen LogP contribution in [0.2, 0.25) is 0 Å². The summed E-state index contributed by atoms with van der Waals surface area (Å²) in [5, 5.41) is 11.2. The lowest BCUT2D eigenvalue weighted by Gasteiger charge is -2.35. The molecule has 7 nitrogen and oxygen atoms in total. The van der Waals surface area contributed by atoms with E-state index in [1.807, 2.05) is 13.8 Å². The SMILES string of the molecule is CC1CN(C(=O)NC(=O)CC(C)(C)C(=O)O)CC(C)O1. The fraction of sp³-hybridized carbons (Fsp3) is 0.769. The largest absolute Gasteiger partial charge is 0.481 e. The first-order chi connectivity index (χ1) is 9.11. The average molecular weight is 286 g/mol. The number of carbonyl (C=O) groups excluding carboxylic acids is 2. The molecule has 0 aliphatic carbocycles. The molecule has 1 fully saturated rings. The second-order valence-electron chi connectivity index (χ2n) is 5.88. The van der Waals surface area contributed by atoms with Crippen LogP contribution >= 0.6 is 0 Å². The number of nitrogens with zero attached hydrogens (tertiary/aromatic N) is 1. The second-order valence-corrected chi connectivity index (χ2v) is 5.88. The van der Waals surface area contributed by atoms with Crippen molar-refractivity contribution in [2.75, 3.05) is 13.1 Å². The van der Waals surface area contributed by atoms with Crippen LogP contribution in [-0.2, 0) is 14.3 Å². The first-order valence-corrected chi connectivity index (χ1v) is 6.59. The van der Waals surface area contributed by atoms with Gasteiger partial charge in [0.15, 0.2) is 0 Å². The zero-order valence-electron chi connectivity index (χ0n) is 12.3. The fourth-order valence-corrected chi connectivity index (χ4v) is 2.06. The maximum absolute atomic E-state index is 11.9. The summed E-state index contributed by atoms with van der Waals surface area (Å²) in [5.41, 5.74) is -1.20. The Morgan fingerprint density at radius 1 is 1.25 bits per heavy atom. The van der Waals surface area contributed by atoms with Crippen molar-refractivity contribution in [2.45, 2.75) is 46.3 Å². The van der Waals surface area contributed by atoms with Gasteiger partial charge >= 0.3 is 12.0 Å². The van der Waals surface area contributed by atoms with Gasteiger partial charge in [-0.05, 0) is 27.7 Å². The molecule has 0 spiro atoms. The van der Waals surface area contributed by atoms with Crippen LogP contribution in [-0.4, -0.2) is 53.2 Å². The normalized spacial score (nSPS) is 23.3. The smallest absolute Gasteiger partial charge is 0.324 e. The third-order valence-corrected chi connectivity index (χ3v) is 3.13. The molecule has 0 saturated carbocycles. The number of nitrogens with one attached hydrogen (secondary N) is 1. The summed E-state index contributed by atoms with van der Waals surface area (Å²) in [4.78, 5) is 36.1. The highest BCUT2D eigenvalue weighted by Gasteiger charge is 2.32. The van der Waals surface area contributed by atoms with Gasteiger partial charge in [0.05, 0.1) is 17.6 Å². The minimum absolute atomic E-state index is 0.0879. The van der Waals surface area contributed by atoms with Crippen LogP contribution in [0.5, 0.6) is 0 Å². The Labute approximate surface area is 118 Å². The third-order valence-electron chi connectivity index (χ3n) is 3.13. The number of rotatable bonds is 3. The number of morpholine rings is 1. The number of ether oxygens (including phenoxy) is 1. The minimum atomic E-state index is -1.20. The van der Waals surface area contributed by atoms with Crippen molar-refractivity contribution in [1.29, 1.82) is 0 Å². The Balaban J connectivity index is 2.53. The Kier molecular flexibility index (Phi) is 5.10. The van der Waals surface area contributed by atoms with Gasteiger partial charge in [-0.2, -0.15) is 0 Å². The van der Waals surface area contributed by atoms with E-state index in [0.29, 0.717) is 13.1 Å². The summed E-state index contributed by atoms with van der Waals surface area (Å²) in [7, 11) is 0. The predicted octanol–water partition coefficient (Wildman–Crippen LogP) is 0.833. The van der Waals surface area contributed by atoms with Crippen LogP contribution < -0.4 is 5.32 Å². The van der Waals surface area contributed by atoms with Crippen LogP contribution in [0.4, 0.5) is 4.79 Å². The topological polar surface area (TPSA) is 95.9 Å². The van der Waals surface area contributed by atoms with Gasteiger partial charge in [-0.1, -0.05) is 0 Å². The standard InChI is InChI=1S/C13H22N2O5/c1-8-6-15(7-9(2)20-8)12(19)14-10(16)5-13(3,4)11(17)18/h8-9H,5-7H2,1-4H3,(H,17,18)(H,14,16,19). The molecule has 1 aliphatic heterocycles. The number of imide groups is 1. The van der Waals surface area contributed by atoms with Gasteiger partial charge in [0.1, 0.15) is 0 Å². The molecule has 2 atom stereocenters. The molecule has 0 aromatic rings. The van der Waals surface area contributed by atoms with E-state index in [0.717, 1.165) is 0 Å². The predicted molar refractivity (Wildman–Crippen MR) is 71.2 cm³/mol. The number of carbonyl (C=O) groups is 3. The molecule has 0 aromatic heterocycles. The molecule has 1 saturated heterocycles. The van der Waals surface area contributed by atoms with Gasteiger partial charge in [-0.15, -0.1) is 0 Å².